The largest absolute Gasteiger partial charge is 0.508 e. The number of hydrogen-bond acceptors (Lipinski definition) is 2. The summed E-state index contributed by atoms with van der Waals surface area (Å²) in [4.78, 5) is 4.23. The number of hydrogen-bond donors (Lipinski definition) is 1. The fourth-order valence-corrected chi connectivity index (χ4v) is 1.91. The number of rotatable bonds is 2. The fourth-order valence-electron chi connectivity index (χ4n) is 1.32. The molecule has 0 bridgehead atoms. The third-order valence-corrected chi connectivity index (χ3v) is 3.26. The number of aromatic hydroxyl groups is 1. The maximum atomic E-state index is 9.16. The van der Waals surface area contributed by atoms with E-state index in [9.17, 15) is 0 Å². The molecule has 0 saturated carbocycles. The molecule has 2 rings (SSSR count). The molecule has 0 aromatic heterocycles. The second-order valence-electron chi connectivity index (χ2n) is 3.57. The van der Waals surface area contributed by atoms with Crippen molar-refractivity contribution in [1.29, 1.82) is 0 Å². The lowest BCUT2D eigenvalue weighted by Crippen LogP contribution is -1.80. The topological polar surface area (TPSA) is 32.6 Å². The molecule has 5 heteroatoms. The van der Waals surface area contributed by atoms with E-state index in [1.807, 2.05) is 0 Å². The predicted molar refractivity (Wildman–Crippen MR) is 76.8 cm³/mol. The van der Waals surface area contributed by atoms with E-state index in [2.05, 4.69) is 4.99 Å². The third kappa shape index (κ3) is 3.16. The van der Waals surface area contributed by atoms with Crippen molar-refractivity contribution in [2.75, 3.05) is 0 Å². The molecular formula is C13H8Cl3NO. The Hall–Kier alpha value is -1.22. The molecular weight excluding hydrogens is 293 g/mol. The molecule has 0 unspecified atom stereocenters. The standard InChI is InChI=1S/C13H8Cl3NO/c14-10-5-12(16)13(6-11(10)15)17-7-8-1-3-9(18)4-2-8/h1-7,18H. The van der Waals surface area contributed by atoms with Gasteiger partial charge in [-0.1, -0.05) is 34.8 Å². The Labute approximate surface area is 119 Å². The van der Waals surface area contributed by atoms with Crippen LogP contribution in [0.4, 0.5) is 5.69 Å². The van der Waals surface area contributed by atoms with Crippen LogP contribution in [0.25, 0.3) is 0 Å². The SMILES string of the molecule is Oc1ccc(C=Nc2cc(Cl)c(Cl)cc2Cl)cc1. The molecule has 1 N–H and O–H groups in total. The summed E-state index contributed by atoms with van der Waals surface area (Å²) in [6, 6.07) is 9.79. The molecule has 0 aliphatic rings. The van der Waals surface area contributed by atoms with Crippen LogP contribution in [0.5, 0.6) is 5.75 Å². The number of nitrogens with zero attached hydrogens (tertiary/aromatic N) is 1. The molecule has 2 aromatic carbocycles. The van der Waals surface area contributed by atoms with Crippen LogP contribution in [0.1, 0.15) is 5.56 Å². The zero-order chi connectivity index (χ0) is 13.1. The highest BCUT2D eigenvalue weighted by Gasteiger charge is 2.04. The Bertz CT molecular complexity index is 594. The lowest BCUT2D eigenvalue weighted by molar-refractivity contribution is 0.475. The van der Waals surface area contributed by atoms with Gasteiger partial charge in [0.15, 0.2) is 0 Å². The van der Waals surface area contributed by atoms with Crippen molar-refractivity contribution in [1.82, 2.24) is 0 Å². The third-order valence-electron chi connectivity index (χ3n) is 2.24. The summed E-state index contributed by atoms with van der Waals surface area (Å²) in [5.74, 6) is 0.208. The van der Waals surface area contributed by atoms with Gasteiger partial charge in [-0.3, -0.25) is 4.99 Å². The Kier molecular flexibility index (Phi) is 4.12. The summed E-state index contributed by atoms with van der Waals surface area (Å²) in [6.45, 7) is 0. The zero-order valence-corrected chi connectivity index (χ0v) is 11.3. The number of aliphatic imine (C=N–C) groups is 1. The lowest BCUT2D eigenvalue weighted by atomic mass is 10.2. The first-order chi connectivity index (χ1) is 8.56. The van der Waals surface area contributed by atoms with E-state index >= 15 is 0 Å². The van der Waals surface area contributed by atoms with E-state index in [1.54, 1.807) is 42.6 Å². The zero-order valence-electron chi connectivity index (χ0n) is 9.07. The van der Waals surface area contributed by atoms with Crippen LogP contribution in [0, 0.1) is 0 Å². The summed E-state index contributed by atoms with van der Waals surface area (Å²) in [5, 5.41) is 10.4. The second kappa shape index (κ2) is 5.61. The monoisotopic (exact) mass is 299 g/mol. The van der Waals surface area contributed by atoms with Crippen LogP contribution in [-0.4, -0.2) is 11.3 Å². The highest BCUT2D eigenvalue weighted by atomic mass is 35.5. The van der Waals surface area contributed by atoms with Crippen LogP contribution in [0.2, 0.25) is 15.1 Å². The van der Waals surface area contributed by atoms with Crippen molar-refractivity contribution in [2.24, 2.45) is 4.99 Å². The molecule has 0 aliphatic heterocycles. The maximum absolute atomic E-state index is 9.16. The van der Waals surface area contributed by atoms with Gasteiger partial charge in [-0.25, -0.2) is 0 Å². The van der Waals surface area contributed by atoms with Crippen LogP contribution in [0.15, 0.2) is 41.4 Å². The van der Waals surface area contributed by atoms with E-state index in [4.69, 9.17) is 39.9 Å². The van der Waals surface area contributed by atoms with Crippen LogP contribution < -0.4 is 0 Å². The normalized spacial score (nSPS) is 11.1. The van der Waals surface area contributed by atoms with Crippen molar-refractivity contribution in [3.8, 4) is 5.75 Å². The van der Waals surface area contributed by atoms with Gasteiger partial charge < -0.3 is 5.11 Å². The van der Waals surface area contributed by atoms with Gasteiger partial charge in [0.2, 0.25) is 0 Å². The van der Waals surface area contributed by atoms with Gasteiger partial charge in [-0.2, -0.15) is 0 Å². The van der Waals surface area contributed by atoms with E-state index in [0.29, 0.717) is 20.8 Å². The van der Waals surface area contributed by atoms with Gasteiger partial charge in [0.25, 0.3) is 0 Å². The molecule has 2 nitrogen and oxygen atoms in total. The van der Waals surface area contributed by atoms with Crippen molar-refractivity contribution < 1.29 is 5.11 Å². The van der Waals surface area contributed by atoms with Gasteiger partial charge in [0.05, 0.1) is 20.8 Å². The number of halogens is 3. The molecule has 0 atom stereocenters. The number of phenols is 1. The summed E-state index contributed by atoms with van der Waals surface area (Å²) in [6.07, 6.45) is 1.63. The van der Waals surface area contributed by atoms with E-state index < -0.39 is 0 Å². The first kappa shape index (κ1) is 13.2. The molecule has 0 amide bonds. The lowest BCUT2D eigenvalue weighted by Gasteiger charge is -2.01. The van der Waals surface area contributed by atoms with Gasteiger partial charge >= 0.3 is 0 Å². The average molecular weight is 301 g/mol. The van der Waals surface area contributed by atoms with Crippen molar-refractivity contribution >= 4 is 46.7 Å². The molecule has 0 saturated heterocycles. The minimum Gasteiger partial charge on any atom is -0.508 e. The smallest absolute Gasteiger partial charge is 0.115 e. The average Bonchev–Trinajstić information content (AvgIpc) is 2.34. The summed E-state index contributed by atoms with van der Waals surface area (Å²) in [7, 11) is 0. The number of benzene rings is 2. The maximum Gasteiger partial charge on any atom is 0.115 e. The minimum atomic E-state index is 0.208. The Morgan fingerprint density at radius 3 is 2.17 bits per heavy atom. The number of phenolic OH excluding ortho intramolecular Hbond substituents is 1. The molecule has 2 aromatic rings. The van der Waals surface area contributed by atoms with Crippen LogP contribution >= 0.6 is 34.8 Å². The summed E-state index contributed by atoms with van der Waals surface area (Å²) in [5.41, 5.74) is 1.38. The van der Waals surface area contributed by atoms with Gasteiger partial charge in [0, 0.05) is 6.21 Å². The Morgan fingerprint density at radius 1 is 0.889 bits per heavy atom. The second-order valence-corrected chi connectivity index (χ2v) is 4.79. The first-order valence-electron chi connectivity index (χ1n) is 5.04. The van der Waals surface area contributed by atoms with Gasteiger partial charge in [0.1, 0.15) is 5.75 Å². The molecule has 0 spiro atoms. The van der Waals surface area contributed by atoms with Gasteiger partial charge in [-0.05, 0) is 42.0 Å². The highest BCUT2D eigenvalue weighted by molar-refractivity contribution is 6.43. The van der Waals surface area contributed by atoms with Crippen molar-refractivity contribution in [3.05, 3.63) is 57.0 Å². The van der Waals surface area contributed by atoms with Gasteiger partial charge in [-0.15, -0.1) is 0 Å². The minimum absolute atomic E-state index is 0.208. The van der Waals surface area contributed by atoms with Crippen LogP contribution in [-0.2, 0) is 0 Å². The summed E-state index contributed by atoms with van der Waals surface area (Å²) < 4.78 is 0. The van der Waals surface area contributed by atoms with Crippen molar-refractivity contribution in [2.45, 2.75) is 0 Å². The Balaban J connectivity index is 2.28. The summed E-state index contributed by atoms with van der Waals surface area (Å²) >= 11 is 17.7. The van der Waals surface area contributed by atoms with E-state index in [1.165, 1.54) is 0 Å². The molecule has 0 aliphatic carbocycles. The first-order valence-corrected chi connectivity index (χ1v) is 6.17. The molecule has 0 fully saturated rings. The molecule has 18 heavy (non-hydrogen) atoms. The predicted octanol–water partition coefficient (Wildman–Crippen LogP) is 5.10. The molecule has 92 valence electrons. The van der Waals surface area contributed by atoms with Crippen LogP contribution in [0.3, 0.4) is 0 Å². The highest BCUT2D eigenvalue weighted by Crippen LogP contribution is 2.33. The molecule has 0 radical (unpaired) electrons. The van der Waals surface area contributed by atoms with E-state index in [0.717, 1.165) is 5.56 Å². The van der Waals surface area contributed by atoms with E-state index in [-0.39, 0.29) is 5.75 Å². The quantitative estimate of drug-likeness (QED) is 0.607. The van der Waals surface area contributed by atoms with Crippen molar-refractivity contribution in [3.63, 3.8) is 0 Å². The fraction of sp³-hybridized carbons (Fsp3) is 0. The molecule has 0 heterocycles. The Morgan fingerprint density at radius 2 is 1.50 bits per heavy atom.